The summed E-state index contributed by atoms with van der Waals surface area (Å²) in [5, 5.41) is 2.66. The maximum Gasteiger partial charge on any atom is 0.243 e. The zero-order valence-electron chi connectivity index (χ0n) is 14.3. The van der Waals surface area contributed by atoms with Crippen LogP contribution in [-0.4, -0.2) is 43.2 Å². The summed E-state index contributed by atoms with van der Waals surface area (Å²) in [7, 11) is 2.99. The van der Waals surface area contributed by atoms with E-state index < -0.39 is 11.6 Å². The molecule has 0 spiro atoms. The molecule has 0 heterocycles. The van der Waals surface area contributed by atoms with E-state index in [0.29, 0.717) is 11.4 Å². The van der Waals surface area contributed by atoms with Gasteiger partial charge in [0.2, 0.25) is 11.8 Å². The minimum atomic E-state index is -0.595. The molecule has 0 radical (unpaired) electrons. The number of halogens is 2. The lowest BCUT2D eigenvalue weighted by atomic mass is 10.3. The van der Waals surface area contributed by atoms with Crippen LogP contribution < -0.4 is 10.1 Å². The number of thioether (sulfide) groups is 1. The van der Waals surface area contributed by atoms with E-state index in [-0.39, 0.29) is 29.0 Å². The second-order valence-electron chi connectivity index (χ2n) is 5.39. The first-order valence-electron chi connectivity index (χ1n) is 7.64. The first-order valence-corrected chi connectivity index (χ1v) is 8.63. The normalized spacial score (nSPS) is 10.3. The molecule has 1 N–H and O–H groups in total. The standard InChI is InChI=1S/C18H18F2N2O3S/c1-22(10-17(23)21-13-4-3-5-14(9-13)25-2)18(24)11-26-16-8-12(19)6-7-15(16)20/h3-9H,10-11H2,1-2H3,(H,21,23). The predicted molar refractivity (Wildman–Crippen MR) is 96.3 cm³/mol. The van der Waals surface area contributed by atoms with Gasteiger partial charge in [0.15, 0.2) is 0 Å². The molecule has 26 heavy (non-hydrogen) atoms. The summed E-state index contributed by atoms with van der Waals surface area (Å²) in [5.74, 6) is -1.44. The first-order chi connectivity index (χ1) is 12.4. The van der Waals surface area contributed by atoms with Gasteiger partial charge in [0, 0.05) is 23.7 Å². The van der Waals surface area contributed by atoms with Gasteiger partial charge in [-0.25, -0.2) is 8.78 Å². The van der Waals surface area contributed by atoms with Crippen LogP contribution in [0.2, 0.25) is 0 Å². The number of ether oxygens (including phenoxy) is 1. The molecule has 0 aromatic heterocycles. The molecule has 2 amide bonds. The number of likely N-dealkylation sites (N-methyl/N-ethyl adjacent to an activating group) is 1. The van der Waals surface area contributed by atoms with Crippen LogP contribution in [0, 0.1) is 11.6 Å². The number of rotatable bonds is 7. The SMILES string of the molecule is COc1cccc(NC(=O)CN(C)C(=O)CSc2cc(F)ccc2F)c1. The Morgan fingerprint density at radius 1 is 1.19 bits per heavy atom. The maximum absolute atomic E-state index is 13.5. The zero-order valence-corrected chi connectivity index (χ0v) is 15.1. The van der Waals surface area contributed by atoms with Crippen LogP contribution in [0.15, 0.2) is 47.4 Å². The fourth-order valence-electron chi connectivity index (χ4n) is 2.04. The molecule has 2 rings (SSSR count). The fraction of sp³-hybridized carbons (Fsp3) is 0.222. The number of hydrogen-bond acceptors (Lipinski definition) is 4. The van der Waals surface area contributed by atoms with E-state index in [9.17, 15) is 18.4 Å². The minimum Gasteiger partial charge on any atom is -0.497 e. The smallest absolute Gasteiger partial charge is 0.243 e. The molecular formula is C18H18F2N2O3S. The Hall–Kier alpha value is -2.61. The van der Waals surface area contributed by atoms with E-state index in [4.69, 9.17) is 4.74 Å². The summed E-state index contributed by atoms with van der Waals surface area (Å²) in [6.45, 7) is -0.164. The molecule has 0 aliphatic carbocycles. The van der Waals surface area contributed by atoms with E-state index in [2.05, 4.69) is 5.32 Å². The highest BCUT2D eigenvalue weighted by Crippen LogP contribution is 2.23. The summed E-state index contributed by atoms with van der Waals surface area (Å²) < 4.78 is 31.7. The van der Waals surface area contributed by atoms with Gasteiger partial charge in [-0.1, -0.05) is 6.07 Å². The Morgan fingerprint density at radius 3 is 2.69 bits per heavy atom. The molecule has 0 fully saturated rings. The predicted octanol–water partition coefficient (Wildman–Crippen LogP) is 3.16. The number of benzene rings is 2. The molecular weight excluding hydrogens is 362 g/mol. The van der Waals surface area contributed by atoms with Gasteiger partial charge < -0.3 is 15.0 Å². The van der Waals surface area contributed by atoms with Crippen LogP contribution in [0.3, 0.4) is 0 Å². The highest BCUT2D eigenvalue weighted by molar-refractivity contribution is 8.00. The lowest BCUT2D eigenvalue weighted by molar-refractivity contribution is -0.131. The number of nitrogens with zero attached hydrogens (tertiary/aromatic N) is 1. The molecule has 0 atom stereocenters. The van der Waals surface area contributed by atoms with Gasteiger partial charge in [0.1, 0.15) is 17.4 Å². The van der Waals surface area contributed by atoms with Gasteiger partial charge in [-0.05, 0) is 30.3 Å². The molecule has 2 aromatic carbocycles. The number of carbonyl (C=O) groups is 2. The molecule has 5 nitrogen and oxygen atoms in total. The van der Waals surface area contributed by atoms with E-state index in [1.54, 1.807) is 24.3 Å². The van der Waals surface area contributed by atoms with E-state index in [0.717, 1.165) is 30.0 Å². The van der Waals surface area contributed by atoms with Crippen molar-refractivity contribution in [3.63, 3.8) is 0 Å². The number of amides is 2. The average Bonchev–Trinajstić information content (AvgIpc) is 2.62. The Balaban J connectivity index is 1.85. The molecule has 0 aliphatic heterocycles. The topological polar surface area (TPSA) is 58.6 Å². The molecule has 0 saturated heterocycles. The van der Waals surface area contributed by atoms with Crippen molar-refractivity contribution in [1.29, 1.82) is 0 Å². The molecule has 8 heteroatoms. The first kappa shape index (κ1) is 19.7. The van der Waals surface area contributed by atoms with E-state index in [1.165, 1.54) is 19.1 Å². The summed E-state index contributed by atoms with van der Waals surface area (Å²) in [4.78, 5) is 25.4. The average molecular weight is 380 g/mol. The third-order valence-corrected chi connectivity index (χ3v) is 4.42. The molecule has 0 bridgehead atoms. The van der Waals surface area contributed by atoms with Crippen molar-refractivity contribution in [2.45, 2.75) is 4.90 Å². The quantitative estimate of drug-likeness (QED) is 0.750. The Bertz CT molecular complexity index is 802. The molecule has 138 valence electrons. The number of nitrogens with one attached hydrogen (secondary N) is 1. The Labute approximate surface area is 154 Å². The fourth-order valence-corrected chi connectivity index (χ4v) is 2.94. The Kier molecular flexibility index (Phi) is 6.97. The van der Waals surface area contributed by atoms with Gasteiger partial charge in [-0.2, -0.15) is 0 Å². The second kappa shape index (κ2) is 9.19. The van der Waals surface area contributed by atoms with Gasteiger partial charge in [-0.15, -0.1) is 11.8 Å². The molecule has 0 aliphatic rings. The third kappa shape index (κ3) is 5.73. The summed E-state index contributed by atoms with van der Waals surface area (Å²) >= 11 is 0.879. The minimum absolute atomic E-state index is 0.0487. The summed E-state index contributed by atoms with van der Waals surface area (Å²) in [5.41, 5.74) is 0.548. The van der Waals surface area contributed by atoms with E-state index in [1.807, 2.05) is 0 Å². The highest BCUT2D eigenvalue weighted by Gasteiger charge is 2.15. The number of methoxy groups -OCH3 is 1. The van der Waals surface area contributed by atoms with Crippen LogP contribution in [0.25, 0.3) is 0 Å². The van der Waals surface area contributed by atoms with Crippen molar-refractivity contribution < 1.29 is 23.1 Å². The number of hydrogen-bond donors (Lipinski definition) is 1. The largest absolute Gasteiger partial charge is 0.497 e. The van der Waals surface area contributed by atoms with Crippen molar-refractivity contribution in [1.82, 2.24) is 4.90 Å². The summed E-state index contributed by atoms with van der Waals surface area (Å²) in [6.07, 6.45) is 0. The van der Waals surface area contributed by atoms with Gasteiger partial charge in [-0.3, -0.25) is 9.59 Å². The van der Waals surface area contributed by atoms with Gasteiger partial charge in [0.25, 0.3) is 0 Å². The van der Waals surface area contributed by atoms with Crippen LogP contribution in [0.5, 0.6) is 5.75 Å². The van der Waals surface area contributed by atoms with Crippen molar-refractivity contribution in [3.8, 4) is 5.75 Å². The number of anilines is 1. The Morgan fingerprint density at radius 2 is 1.96 bits per heavy atom. The summed E-state index contributed by atoms with van der Waals surface area (Å²) in [6, 6.07) is 9.88. The zero-order chi connectivity index (χ0) is 19.1. The highest BCUT2D eigenvalue weighted by atomic mass is 32.2. The molecule has 2 aromatic rings. The van der Waals surface area contributed by atoms with Crippen molar-refractivity contribution >= 4 is 29.3 Å². The van der Waals surface area contributed by atoms with Crippen molar-refractivity contribution in [2.75, 3.05) is 31.8 Å². The van der Waals surface area contributed by atoms with Gasteiger partial charge in [0.05, 0.1) is 19.4 Å². The maximum atomic E-state index is 13.5. The third-order valence-electron chi connectivity index (χ3n) is 3.40. The molecule has 0 saturated carbocycles. The van der Waals surface area contributed by atoms with Crippen LogP contribution >= 0.6 is 11.8 Å². The van der Waals surface area contributed by atoms with Gasteiger partial charge >= 0.3 is 0 Å². The molecule has 0 unspecified atom stereocenters. The van der Waals surface area contributed by atoms with Crippen LogP contribution in [0.1, 0.15) is 0 Å². The van der Waals surface area contributed by atoms with Crippen molar-refractivity contribution in [2.24, 2.45) is 0 Å². The van der Waals surface area contributed by atoms with E-state index >= 15 is 0 Å². The lowest BCUT2D eigenvalue weighted by Gasteiger charge is -2.17. The monoisotopic (exact) mass is 380 g/mol. The van der Waals surface area contributed by atoms with Crippen LogP contribution in [-0.2, 0) is 9.59 Å². The number of carbonyl (C=O) groups excluding carboxylic acids is 2. The lowest BCUT2D eigenvalue weighted by Crippen LogP contribution is -2.35. The van der Waals surface area contributed by atoms with Crippen LogP contribution in [0.4, 0.5) is 14.5 Å². The van der Waals surface area contributed by atoms with Crippen molar-refractivity contribution in [3.05, 3.63) is 54.1 Å². The second-order valence-corrected chi connectivity index (χ2v) is 6.41.